The summed E-state index contributed by atoms with van der Waals surface area (Å²) in [4.78, 5) is 2.40. The van der Waals surface area contributed by atoms with E-state index in [1.54, 1.807) is 6.08 Å². The molecule has 23 heavy (non-hydrogen) atoms. The van der Waals surface area contributed by atoms with Crippen molar-refractivity contribution in [3.05, 3.63) is 70.8 Å². The quantitative estimate of drug-likeness (QED) is 0.803. The third-order valence-electron chi connectivity index (χ3n) is 4.09. The molecular weight excluding hydrogens is 282 g/mol. The molecule has 0 saturated heterocycles. The Bertz CT molecular complexity index is 791. The van der Waals surface area contributed by atoms with Crippen LogP contribution in [0.2, 0.25) is 0 Å². The first-order valence-electron chi connectivity index (χ1n) is 7.74. The number of benzene rings is 2. The lowest BCUT2D eigenvalue weighted by molar-refractivity contribution is 0.691. The standard InChI is InChI=1S/C20H17N3/c21-13-18(14-22)11-17-8-9-20-19(12-17)7-4-10-23(20)15-16-5-2-1-3-6-16/h1-3,5-6,8-9,11-12H,4,7,10,15H2. The highest BCUT2D eigenvalue weighted by Crippen LogP contribution is 2.30. The number of anilines is 1. The molecule has 1 aliphatic rings. The van der Waals surface area contributed by atoms with Crippen molar-refractivity contribution < 1.29 is 0 Å². The maximum Gasteiger partial charge on any atom is 0.130 e. The van der Waals surface area contributed by atoms with Gasteiger partial charge >= 0.3 is 0 Å². The van der Waals surface area contributed by atoms with Crippen LogP contribution in [0.1, 0.15) is 23.1 Å². The summed E-state index contributed by atoms with van der Waals surface area (Å²) in [6, 6.07) is 20.5. The highest BCUT2D eigenvalue weighted by Gasteiger charge is 2.17. The van der Waals surface area contributed by atoms with Crippen LogP contribution in [-0.4, -0.2) is 6.54 Å². The summed E-state index contributed by atoms with van der Waals surface area (Å²) in [5, 5.41) is 17.8. The van der Waals surface area contributed by atoms with Crippen molar-refractivity contribution in [3.8, 4) is 12.1 Å². The largest absolute Gasteiger partial charge is 0.367 e. The highest BCUT2D eigenvalue weighted by atomic mass is 15.1. The van der Waals surface area contributed by atoms with Crippen LogP contribution in [0, 0.1) is 22.7 Å². The molecule has 0 aliphatic carbocycles. The van der Waals surface area contributed by atoms with E-state index in [0.717, 1.165) is 31.5 Å². The molecule has 112 valence electrons. The SMILES string of the molecule is N#CC(C#N)=Cc1ccc2c(c1)CCCN2Cc1ccccc1. The molecule has 3 rings (SSSR count). The normalized spacial score (nSPS) is 12.7. The van der Waals surface area contributed by atoms with E-state index in [4.69, 9.17) is 10.5 Å². The molecule has 0 saturated carbocycles. The average molecular weight is 299 g/mol. The van der Waals surface area contributed by atoms with Crippen molar-refractivity contribution >= 4 is 11.8 Å². The summed E-state index contributed by atoms with van der Waals surface area (Å²) < 4.78 is 0. The molecule has 0 bridgehead atoms. The van der Waals surface area contributed by atoms with E-state index in [1.165, 1.54) is 16.8 Å². The molecule has 0 atom stereocenters. The fraction of sp³-hybridized carbons (Fsp3) is 0.200. The van der Waals surface area contributed by atoms with Gasteiger partial charge in [0.05, 0.1) is 0 Å². The molecule has 0 radical (unpaired) electrons. The molecule has 3 heteroatoms. The van der Waals surface area contributed by atoms with Gasteiger partial charge in [0, 0.05) is 18.8 Å². The van der Waals surface area contributed by atoms with E-state index in [2.05, 4.69) is 41.3 Å². The summed E-state index contributed by atoms with van der Waals surface area (Å²) in [5.74, 6) is 0. The van der Waals surface area contributed by atoms with Gasteiger partial charge in [-0.05, 0) is 47.7 Å². The summed E-state index contributed by atoms with van der Waals surface area (Å²) in [6.07, 6.45) is 3.81. The van der Waals surface area contributed by atoms with E-state index in [-0.39, 0.29) is 5.57 Å². The first-order chi connectivity index (χ1) is 11.3. The number of nitriles is 2. The second-order valence-corrected chi connectivity index (χ2v) is 5.68. The first kappa shape index (κ1) is 14.9. The molecule has 0 amide bonds. The van der Waals surface area contributed by atoms with Crippen molar-refractivity contribution in [2.24, 2.45) is 0 Å². The maximum absolute atomic E-state index is 8.88. The minimum Gasteiger partial charge on any atom is -0.367 e. The van der Waals surface area contributed by atoms with Crippen LogP contribution in [0.25, 0.3) is 6.08 Å². The van der Waals surface area contributed by atoms with Crippen LogP contribution in [0.3, 0.4) is 0 Å². The number of fused-ring (bicyclic) bond motifs is 1. The van der Waals surface area contributed by atoms with Gasteiger partial charge in [-0.15, -0.1) is 0 Å². The number of hydrogen-bond acceptors (Lipinski definition) is 3. The van der Waals surface area contributed by atoms with Crippen molar-refractivity contribution in [1.29, 1.82) is 10.5 Å². The molecule has 1 heterocycles. The third-order valence-corrected chi connectivity index (χ3v) is 4.09. The van der Waals surface area contributed by atoms with E-state index in [0.29, 0.717) is 0 Å². The van der Waals surface area contributed by atoms with Crippen molar-refractivity contribution in [1.82, 2.24) is 0 Å². The molecule has 1 aliphatic heterocycles. The Labute approximate surface area is 136 Å². The Morgan fingerprint density at radius 2 is 1.87 bits per heavy atom. The zero-order valence-electron chi connectivity index (χ0n) is 12.9. The van der Waals surface area contributed by atoms with E-state index < -0.39 is 0 Å². The lowest BCUT2D eigenvalue weighted by Crippen LogP contribution is -2.28. The minimum atomic E-state index is 0.141. The van der Waals surface area contributed by atoms with Gasteiger partial charge in [-0.25, -0.2) is 0 Å². The van der Waals surface area contributed by atoms with Crippen LogP contribution in [0.15, 0.2) is 54.1 Å². The predicted molar refractivity (Wildman–Crippen MR) is 91.5 cm³/mol. The van der Waals surface area contributed by atoms with Crippen LogP contribution in [0.4, 0.5) is 5.69 Å². The van der Waals surface area contributed by atoms with Crippen LogP contribution >= 0.6 is 0 Å². The van der Waals surface area contributed by atoms with Gasteiger partial charge in [0.2, 0.25) is 0 Å². The van der Waals surface area contributed by atoms with Crippen molar-refractivity contribution in [3.63, 3.8) is 0 Å². The number of aryl methyl sites for hydroxylation is 1. The van der Waals surface area contributed by atoms with Gasteiger partial charge in [-0.3, -0.25) is 0 Å². The lowest BCUT2D eigenvalue weighted by Gasteiger charge is -2.31. The fourth-order valence-electron chi connectivity index (χ4n) is 3.01. The van der Waals surface area contributed by atoms with Crippen LogP contribution in [0.5, 0.6) is 0 Å². The third kappa shape index (κ3) is 3.42. The average Bonchev–Trinajstić information content (AvgIpc) is 2.60. The number of rotatable bonds is 3. The van der Waals surface area contributed by atoms with Gasteiger partial charge in [0.1, 0.15) is 17.7 Å². The molecule has 0 aromatic heterocycles. The topological polar surface area (TPSA) is 50.8 Å². The molecule has 0 unspecified atom stereocenters. The lowest BCUT2D eigenvalue weighted by atomic mass is 9.98. The molecule has 2 aromatic rings. The molecular formula is C20H17N3. The second-order valence-electron chi connectivity index (χ2n) is 5.68. The molecule has 0 fully saturated rings. The molecule has 3 nitrogen and oxygen atoms in total. The smallest absolute Gasteiger partial charge is 0.130 e. The Hall–Kier alpha value is -3.04. The zero-order valence-corrected chi connectivity index (χ0v) is 12.9. The molecule has 0 spiro atoms. The summed E-state index contributed by atoms with van der Waals surface area (Å²) >= 11 is 0. The molecule has 2 aromatic carbocycles. The Balaban J connectivity index is 1.87. The number of hydrogen-bond donors (Lipinski definition) is 0. The highest BCUT2D eigenvalue weighted by molar-refractivity contribution is 5.67. The van der Waals surface area contributed by atoms with E-state index in [1.807, 2.05) is 24.3 Å². The fourth-order valence-corrected chi connectivity index (χ4v) is 3.01. The number of nitrogens with zero attached hydrogens (tertiary/aromatic N) is 3. The summed E-state index contributed by atoms with van der Waals surface area (Å²) in [6.45, 7) is 1.96. The van der Waals surface area contributed by atoms with Gasteiger partial charge in [0.15, 0.2) is 0 Å². The first-order valence-corrected chi connectivity index (χ1v) is 7.74. The van der Waals surface area contributed by atoms with E-state index in [9.17, 15) is 0 Å². The Kier molecular flexibility index (Phi) is 4.41. The van der Waals surface area contributed by atoms with Crippen LogP contribution in [-0.2, 0) is 13.0 Å². The van der Waals surface area contributed by atoms with Crippen molar-refractivity contribution in [2.75, 3.05) is 11.4 Å². The maximum atomic E-state index is 8.88. The molecule has 0 N–H and O–H groups in total. The van der Waals surface area contributed by atoms with E-state index >= 15 is 0 Å². The van der Waals surface area contributed by atoms with Gasteiger partial charge in [-0.2, -0.15) is 10.5 Å². The Morgan fingerprint density at radius 3 is 2.61 bits per heavy atom. The number of allylic oxidation sites excluding steroid dienone is 1. The van der Waals surface area contributed by atoms with Crippen molar-refractivity contribution in [2.45, 2.75) is 19.4 Å². The second kappa shape index (κ2) is 6.81. The predicted octanol–water partition coefficient (Wildman–Crippen LogP) is 4.07. The van der Waals surface area contributed by atoms with Gasteiger partial charge < -0.3 is 4.90 Å². The van der Waals surface area contributed by atoms with Gasteiger partial charge in [0.25, 0.3) is 0 Å². The van der Waals surface area contributed by atoms with Gasteiger partial charge in [-0.1, -0.05) is 36.4 Å². The minimum absolute atomic E-state index is 0.141. The summed E-state index contributed by atoms with van der Waals surface area (Å²) in [7, 11) is 0. The summed E-state index contributed by atoms with van der Waals surface area (Å²) in [5.41, 5.74) is 4.91. The Morgan fingerprint density at radius 1 is 1.09 bits per heavy atom. The zero-order chi connectivity index (χ0) is 16.1. The van der Waals surface area contributed by atoms with Crippen LogP contribution < -0.4 is 4.90 Å². The monoisotopic (exact) mass is 299 g/mol.